The molecule has 1 aliphatic heterocycles. The molecule has 7 heteroatoms. The van der Waals surface area contributed by atoms with Gasteiger partial charge in [0.05, 0.1) is 26.0 Å². The van der Waals surface area contributed by atoms with Crippen LogP contribution in [-0.4, -0.2) is 47.6 Å². The summed E-state index contributed by atoms with van der Waals surface area (Å²) in [5.41, 5.74) is 2.18. The quantitative estimate of drug-likeness (QED) is 0.693. The fourth-order valence-corrected chi connectivity index (χ4v) is 3.80. The number of methoxy groups -OCH3 is 1. The Balaban J connectivity index is 1.60. The summed E-state index contributed by atoms with van der Waals surface area (Å²) in [5, 5.41) is 2.82. The van der Waals surface area contributed by atoms with Crippen molar-refractivity contribution in [3.05, 3.63) is 64.7 Å². The number of hydrogen-bond donors (Lipinski definition) is 0. The van der Waals surface area contributed by atoms with E-state index in [-0.39, 0.29) is 12.0 Å². The lowest BCUT2D eigenvalue weighted by atomic mass is 10.0. The molecule has 0 radical (unpaired) electrons. The van der Waals surface area contributed by atoms with Gasteiger partial charge >= 0.3 is 0 Å². The SMILES string of the molecule is COc1ccc(C(=O)N2CCOC(c3nccs3)C2)cc1-c1ccccn1. The number of benzene rings is 1. The number of carbonyl (C=O) groups excluding carboxylic acids is 1. The van der Waals surface area contributed by atoms with Crippen LogP contribution in [0.4, 0.5) is 0 Å². The Morgan fingerprint density at radius 2 is 2.19 bits per heavy atom. The van der Waals surface area contributed by atoms with Gasteiger partial charge in [-0.2, -0.15) is 0 Å². The Hall–Kier alpha value is -2.77. The molecule has 27 heavy (non-hydrogen) atoms. The average molecular weight is 381 g/mol. The molecule has 0 aliphatic carbocycles. The molecule has 4 rings (SSSR count). The van der Waals surface area contributed by atoms with Crippen LogP contribution in [0.3, 0.4) is 0 Å². The highest BCUT2D eigenvalue weighted by Gasteiger charge is 2.28. The Kier molecular flexibility index (Phi) is 5.13. The minimum atomic E-state index is -0.170. The minimum absolute atomic E-state index is 0.0281. The van der Waals surface area contributed by atoms with Crippen molar-refractivity contribution >= 4 is 17.2 Å². The zero-order valence-electron chi connectivity index (χ0n) is 14.9. The largest absolute Gasteiger partial charge is 0.496 e. The van der Waals surface area contributed by atoms with E-state index >= 15 is 0 Å². The molecule has 138 valence electrons. The van der Waals surface area contributed by atoms with Crippen LogP contribution in [0.25, 0.3) is 11.3 Å². The summed E-state index contributed by atoms with van der Waals surface area (Å²) in [7, 11) is 1.61. The average Bonchev–Trinajstić information content (AvgIpc) is 3.28. The first-order chi connectivity index (χ1) is 13.3. The molecule has 1 atom stereocenters. The lowest BCUT2D eigenvalue weighted by molar-refractivity contribution is -0.0228. The zero-order valence-corrected chi connectivity index (χ0v) is 15.7. The van der Waals surface area contributed by atoms with Crippen molar-refractivity contribution < 1.29 is 14.3 Å². The lowest BCUT2D eigenvalue weighted by Gasteiger charge is -2.32. The zero-order chi connectivity index (χ0) is 18.6. The van der Waals surface area contributed by atoms with Gasteiger partial charge < -0.3 is 14.4 Å². The van der Waals surface area contributed by atoms with E-state index in [4.69, 9.17) is 9.47 Å². The van der Waals surface area contributed by atoms with Crippen LogP contribution in [0.1, 0.15) is 21.5 Å². The second-order valence-electron chi connectivity index (χ2n) is 6.11. The second-order valence-corrected chi connectivity index (χ2v) is 7.04. The molecule has 1 amide bonds. The first-order valence-electron chi connectivity index (χ1n) is 8.66. The first-order valence-corrected chi connectivity index (χ1v) is 9.54. The number of amides is 1. The number of nitrogens with zero attached hydrogens (tertiary/aromatic N) is 3. The third kappa shape index (κ3) is 3.70. The third-order valence-electron chi connectivity index (χ3n) is 4.47. The van der Waals surface area contributed by atoms with E-state index in [0.29, 0.717) is 31.0 Å². The van der Waals surface area contributed by atoms with Gasteiger partial charge in [0.1, 0.15) is 16.9 Å². The molecular weight excluding hydrogens is 362 g/mol. The molecule has 0 N–H and O–H groups in total. The van der Waals surface area contributed by atoms with Crippen molar-refractivity contribution in [2.24, 2.45) is 0 Å². The van der Waals surface area contributed by atoms with Crippen molar-refractivity contribution in [3.8, 4) is 17.0 Å². The van der Waals surface area contributed by atoms with Gasteiger partial charge in [-0.15, -0.1) is 11.3 Å². The van der Waals surface area contributed by atoms with Gasteiger partial charge in [0, 0.05) is 35.4 Å². The second kappa shape index (κ2) is 7.85. The van der Waals surface area contributed by atoms with E-state index in [2.05, 4.69) is 9.97 Å². The standard InChI is InChI=1S/C20H19N3O3S/c1-25-17-6-5-14(12-15(17)16-4-2-3-7-21-16)20(24)23-9-10-26-18(13-23)19-22-8-11-27-19/h2-8,11-12,18H,9-10,13H2,1H3. The van der Waals surface area contributed by atoms with E-state index < -0.39 is 0 Å². The molecule has 1 fully saturated rings. The summed E-state index contributed by atoms with van der Waals surface area (Å²) < 4.78 is 11.2. The van der Waals surface area contributed by atoms with Crippen molar-refractivity contribution in [2.75, 3.05) is 26.8 Å². The summed E-state index contributed by atoms with van der Waals surface area (Å²) >= 11 is 1.54. The number of ether oxygens (including phenoxy) is 2. The highest BCUT2D eigenvalue weighted by Crippen LogP contribution is 2.31. The van der Waals surface area contributed by atoms with Gasteiger partial charge in [-0.3, -0.25) is 9.78 Å². The van der Waals surface area contributed by atoms with E-state index in [9.17, 15) is 4.79 Å². The Morgan fingerprint density at radius 1 is 1.26 bits per heavy atom. The number of carbonyl (C=O) groups is 1. The number of thiazole rings is 1. The van der Waals surface area contributed by atoms with E-state index in [1.165, 1.54) is 0 Å². The fraction of sp³-hybridized carbons (Fsp3) is 0.250. The normalized spacial score (nSPS) is 16.9. The van der Waals surface area contributed by atoms with E-state index in [1.807, 2.05) is 40.6 Å². The highest BCUT2D eigenvalue weighted by molar-refractivity contribution is 7.09. The molecule has 3 heterocycles. The summed E-state index contributed by atoms with van der Waals surface area (Å²) in [5.74, 6) is 0.660. The summed E-state index contributed by atoms with van der Waals surface area (Å²) in [6.45, 7) is 1.56. The van der Waals surface area contributed by atoms with Crippen molar-refractivity contribution in [2.45, 2.75) is 6.10 Å². The van der Waals surface area contributed by atoms with Crippen LogP contribution >= 0.6 is 11.3 Å². The fourth-order valence-electron chi connectivity index (χ4n) is 3.12. The molecule has 1 saturated heterocycles. The van der Waals surface area contributed by atoms with Gasteiger partial charge in [-0.25, -0.2) is 4.98 Å². The first kappa shape index (κ1) is 17.6. The van der Waals surface area contributed by atoms with E-state index in [1.54, 1.807) is 36.9 Å². The van der Waals surface area contributed by atoms with Crippen LogP contribution in [0.2, 0.25) is 0 Å². The minimum Gasteiger partial charge on any atom is -0.496 e. The van der Waals surface area contributed by atoms with Crippen molar-refractivity contribution in [3.63, 3.8) is 0 Å². The van der Waals surface area contributed by atoms with Crippen LogP contribution in [0, 0.1) is 0 Å². The van der Waals surface area contributed by atoms with Crippen LogP contribution in [0.15, 0.2) is 54.2 Å². The van der Waals surface area contributed by atoms with Gasteiger partial charge in [-0.05, 0) is 30.3 Å². The van der Waals surface area contributed by atoms with E-state index in [0.717, 1.165) is 16.3 Å². The molecular formula is C20H19N3O3S. The van der Waals surface area contributed by atoms with Crippen LogP contribution < -0.4 is 4.74 Å². The summed E-state index contributed by atoms with van der Waals surface area (Å²) in [6.07, 6.45) is 3.31. The summed E-state index contributed by atoms with van der Waals surface area (Å²) in [6, 6.07) is 11.1. The maximum Gasteiger partial charge on any atom is 0.254 e. The molecule has 1 aliphatic rings. The lowest BCUT2D eigenvalue weighted by Crippen LogP contribution is -2.42. The topological polar surface area (TPSA) is 64.5 Å². The van der Waals surface area contributed by atoms with Crippen LogP contribution in [-0.2, 0) is 4.74 Å². The smallest absolute Gasteiger partial charge is 0.254 e. The Labute approximate surface area is 161 Å². The third-order valence-corrected chi connectivity index (χ3v) is 5.34. The number of rotatable bonds is 4. The van der Waals surface area contributed by atoms with Gasteiger partial charge in [0.15, 0.2) is 0 Å². The summed E-state index contributed by atoms with van der Waals surface area (Å²) in [4.78, 5) is 23.6. The number of hydrogen-bond acceptors (Lipinski definition) is 6. The molecule has 6 nitrogen and oxygen atoms in total. The van der Waals surface area contributed by atoms with Gasteiger partial charge in [-0.1, -0.05) is 6.07 Å². The van der Waals surface area contributed by atoms with Gasteiger partial charge in [0.25, 0.3) is 5.91 Å². The van der Waals surface area contributed by atoms with Crippen molar-refractivity contribution in [1.29, 1.82) is 0 Å². The molecule has 2 aromatic heterocycles. The predicted molar refractivity (Wildman–Crippen MR) is 103 cm³/mol. The number of aromatic nitrogens is 2. The molecule has 0 saturated carbocycles. The Bertz CT molecular complexity index is 915. The number of morpholine rings is 1. The highest BCUT2D eigenvalue weighted by atomic mass is 32.1. The predicted octanol–water partition coefficient (Wildman–Crippen LogP) is 3.43. The van der Waals surface area contributed by atoms with Gasteiger partial charge in [0.2, 0.25) is 0 Å². The molecule has 1 aromatic carbocycles. The molecule has 0 spiro atoms. The molecule has 3 aromatic rings. The maximum atomic E-state index is 13.1. The monoisotopic (exact) mass is 381 g/mol. The number of pyridine rings is 1. The van der Waals surface area contributed by atoms with Crippen molar-refractivity contribution in [1.82, 2.24) is 14.9 Å². The Morgan fingerprint density at radius 3 is 2.93 bits per heavy atom. The molecule has 1 unspecified atom stereocenters. The molecule has 0 bridgehead atoms. The maximum absolute atomic E-state index is 13.1. The van der Waals surface area contributed by atoms with Crippen LogP contribution in [0.5, 0.6) is 5.75 Å².